The fourth-order valence-corrected chi connectivity index (χ4v) is 5.33. The Hall–Kier alpha value is -1.05. The Bertz CT molecular complexity index is 425. The summed E-state index contributed by atoms with van der Waals surface area (Å²) >= 11 is 0. The molecular weight excluding hydrogens is 303 g/mol. The van der Waals surface area contributed by atoms with E-state index in [1.165, 1.54) is 0 Å². The molecule has 120 valence electrons. The first kappa shape index (κ1) is 16.3. The summed E-state index contributed by atoms with van der Waals surface area (Å²) in [6.45, 7) is 4.43. The molecule has 2 rings (SSSR count). The van der Waals surface area contributed by atoms with Crippen molar-refractivity contribution in [2.75, 3.05) is 39.6 Å². The van der Waals surface area contributed by atoms with Crippen molar-refractivity contribution in [1.82, 2.24) is 0 Å². The van der Waals surface area contributed by atoms with E-state index in [0.29, 0.717) is 0 Å². The van der Waals surface area contributed by atoms with Gasteiger partial charge in [-0.2, -0.15) is 0 Å². The second-order valence-corrected chi connectivity index (χ2v) is 7.29. The summed E-state index contributed by atoms with van der Waals surface area (Å²) in [6, 6.07) is 0. The summed E-state index contributed by atoms with van der Waals surface area (Å²) < 4.78 is 32.1. The molecule has 0 aromatic heterocycles. The first-order chi connectivity index (χ1) is 10.1. The van der Waals surface area contributed by atoms with Crippen molar-refractivity contribution in [3.8, 4) is 0 Å². The van der Waals surface area contributed by atoms with E-state index in [9.17, 15) is 9.59 Å². The van der Waals surface area contributed by atoms with E-state index in [-0.39, 0.29) is 45.0 Å². The van der Waals surface area contributed by atoms with Gasteiger partial charge in [0.2, 0.25) is 0 Å². The first-order valence-electron chi connectivity index (χ1n) is 6.74. The molecule has 8 nitrogen and oxygen atoms in total. The van der Waals surface area contributed by atoms with Gasteiger partial charge >= 0.3 is 121 Å². The van der Waals surface area contributed by atoms with Gasteiger partial charge < -0.3 is 0 Å². The molecule has 2 fully saturated rings. The van der Waals surface area contributed by atoms with Gasteiger partial charge in [-0.1, -0.05) is 0 Å². The molecular formula is C12H19O8P. The SMILES string of the molecule is CCOC(=O)/C=C(/C(=O)OCC)P12(OCCO1)OCCO2. The second kappa shape index (κ2) is 6.37. The molecule has 0 bridgehead atoms. The van der Waals surface area contributed by atoms with Gasteiger partial charge in [0.05, 0.1) is 0 Å². The summed E-state index contributed by atoms with van der Waals surface area (Å²) in [4.78, 5) is 24.0. The molecule has 2 aliphatic rings. The molecule has 0 aliphatic carbocycles. The average Bonchev–Trinajstić information content (AvgIpc) is 3.07. The zero-order chi connectivity index (χ0) is 15.4. The van der Waals surface area contributed by atoms with Gasteiger partial charge in [0, 0.05) is 0 Å². The number of ether oxygens (including phenoxy) is 2. The Balaban J connectivity index is 2.42. The third-order valence-corrected chi connectivity index (χ3v) is 6.45. The van der Waals surface area contributed by atoms with E-state index in [1.54, 1.807) is 13.8 Å². The summed E-state index contributed by atoms with van der Waals surface area (Å²) in [5, 5.41) is -0.184. The van der Waals surface area contributed by atoms with Crippen LogP contribution in [0.3, 0.4) is 0 Å². The van der Waals surface area contributed by atoms with E-state index < -0.39 is 19.4 Å². The van der Waals surface area contributed by atoms with Crippen molar-refractivity contribution in [2.24, 2.45) is 0 Å². The van der Waals surface area contributed by atoms with Crippen LogP contribution in [0.5, 0.6) is 0 Å². The molecule has 0 amide bonds. The monoisotopic (exact) mass is 322 g/mol. The topological polar surface area (TPSA) is 89.5 Å². The zero-order valence-corrected chi connectivity index (χ0v) is 12.9. The zero-order valence-electron chi connectivity index (χ0n) is 12.0. The van der Waals surface area contributed by atoms with Gasteiger partial charge in [-0.3, -0.25) is 0 Å². The van der Waals surface area contributed by atoms with Crippen LogP contribution in [0.2, 0.25) is 0 Å². The summed E-state index contributed by atoms with van der Waals surface area (Å²) in [5.74, 6) is -1.48. The van der Waals surface area contributed by atoms with Gasteiger partial charge in [0.15, 0.2) is 0 Å². The predicted molar refractivity (Wildman–Crippen MR) is 72.1 cm³/mol. The molecule has 2 heterocycles. The third-order valence-electron chi connectivity index (χ3n) is 2.84. The van der Waals surface area contributed by atoms with Crippen molar-refractivity contribution in [1.29, 1.82) is 0 Å². The molecule has 0 saturated carbocycles. The fraction of sp³-hybridized carbons (Fsp3) is 0.667. The van der Waals surface area contributed by atoms with E-state index in [1.807, 2.05) is 0 Å². The van der Waals surface area contributed by atoms with Crippen molar-refractivity contribution < 1.29 is 37.2 Å². The summed E-state index contributed by atoms with van der Waals surface area (Å²) in [6.07, 6.45) is 0.982. The molecule has 0 aromatic rings. The van der Waals surface area contributed by atoms with Crippen LogP contribution in [0, 0.1) is 0 Å². The van der Waals surface area contributed by atoms with Gasteiger partial charge in [0.1, 0.15) is 0 Å². The molecule has 0 aromatic carbocycles. The number of carbonyl (C=O) groups is 2. The maximum atomic E-state index is 12.2. The Morgan fingerprint density at radius 3 is 1.86 bits per heavy atom. The number of hydrogen-bond acceptors (Lipinski definition) is 8. The van der Waals surface area contributed by atoms with Gasteiger partial charge in [-0.25, -0.2) is 0 Å². The maximum absolute atomic E-state index is 12.2. The minimum absolute atomic E-state index is 0.130. The molecule has 21 heavy (non-hydrogen) atoms. The fourth-order valence-electron chi connectivity index (χ4n) is 2.09. The quantitative estimate of drug-likeness (QED) is 0.425. The van der Waals surface area contributed by atoms with Crippen LogP contribution in [-0.2, 0) is 37.2 Å². The molecule has 1 spiro atoms. The Kier molecular flexibility index (Phi) is 4.95. The number of carbonyl (C=O) groups excluding carboxylic acids is 2. The first-order valence-corrected chi connectivity index (χ1v) is 8.65. The van der Waals surface area contributed by atoms with E-state index >= 15 is 0 Å². The van der Waals surface area contributed by atoms with Crippen molar-refractivity contribution in [2.45, 2.75) is 13.8 Å². The number of esters is 2. The minimum atomic E-state index is -4.24. The Morgan fingerprint density at radius 1 is 0.952 bits per heavy atom. The molecule has 0 radical (unpaired) electrons. The van der Waals surface area contributed by atoms with E-state index in [4.69, 9.17) is 27.6 Å². The molecule has 0 unspecified atom stereocenters. The molecule has 2 aliphatic heterocycles. The van der Waals surface area contributed by atoms with Crippen molar-refractivity contribution >= 4 is 19.4 Å². The molecule has 2 saturated heterocycles. The predicted octanol–water partition coefficient (Wildman–Crippen LogP) is 1.30. The Labute approximate surface area is 122 Å². The summed E-state index contributed by atoms with van der Waals surface area (Å²) in [7, 11) is -4.24. The summed E-state index contributed by atoms with van der Waals surface area (Å²) in [5.41, 5.74) is 0. The van der Waals surface area contributed by atoms with Crippen LogP contribution >= 0.6 is 7.51 Å². The number of rotatable bonds is 5. The van der Waals surface area contributed by atoms with E-state index in [0.717, 1.165) is 6.08 Å². The molecule has 0 N–H and O–H groups in total. The van der Waals surface area contributed by atoms with Gasteiger partial charge in [-0.05, 0) is 0 Å². The average molecular weight is 322 g/mol. The van der Waals surface area contributed by atoms with Crippen LogP contribution in [-0.4, -0.2) is 51.6 Å². The van der Waals surface area contributed by atoms with Crippen LogP contribution in [0.15, 0.2) is 11.4 Å². The standard InChI is InChI=1S/C12H19O8P/c1-3-15-11(13)9-10(12(14)16-4-2)21(17-5-6-18-21)19-7-8-20-21/h9H,3-8H2,1-2H3/b10-9-. The van der Waals surface area contributed by atoms with Crippen LogP contribution in [0.1, 0.15) is 13.8 Å². The van der Waals surface area contributed by atoms with Gasteiger partial charge in [0.25, 0.3) is 0 Å². The van der Waals surface area contributed by atoms with Crippen molar-refractivity contribution in [3.63, 3.8) is 0 Å². The van der Waals surface area contributed by atoms with E-state index in [2.05, 4.69) is 0 Å². The third kappa shape index (κ3) is 2.95. The number of hydrogen-bond donors (Lipinski definition) is 0. The Morgan fingerprint density at radius 2 is 1.43 bits per heavy atom. The van der Waals surface area contributed by atoms with Gasteiger partial charge in [-0.15, -0.1) is 0 Å². The van der Waals surface area contributed by atoms with Crippen molar-refractivity contribution in [3.05, 3.63) is 11.4 Å². The molecule has 9 heteroatoms. The van der Waals surface area contributed by atoms with Crippen LogP contribution in [0.25, 0.3) is 0 Å². The van der Waals surface area contributed by atoms with Crippen LogP contribution in [0.4, 0.5) is 0 Å². The second-order valence-electron chi connectivity index (χ2n) is 4.15. The molecule has 0 atom stereocenters. The van der Waals surface area contributed by atoms with Crippen LogP contribution < -0.4 is 0 Å². The normalized spacial score (nSPS) is 25.2.